The minimum atomic E-state index is -1.48. The molecule has 2 heterocycles. The summed E-state index contributed by atoms with van der Waals surface area (Å²) in [5, 5.41) is 0. The Labute approximate surface area is 189 Å². The summed E-state index contributed by atoms with van der Waals surface area (Å²) in [4.78, 5) is 44.1. The third kappa shape index (κ3) is 2.74. The maximum atomic E-state index is 14.1. The van der Waals surface area contributed by atoms with Gasteiger partial charge in [-0.1, -0.05) is 68.3 Å². The number of hydrogen-bond acceptors (Lipinski definition) is 4. The maximum absolute atomic E-state index is 14.1. The normalized spacial score (nSPS) is 24.5. The van der Waals surface area contributed by atoms with Gasteiger partial charge in [0.05, 0.1) is 0 Å². The van der Waals surface area contributed by atoms with Gasteiger partial charge in [0, 0.05) is 18.3 Å². The first-order valence-electron chi connectivity index (χ1n) is 11.1. The van der Waals surface area contributed by atoms with Crippen molar-refractivity contribution >= 4 is 23.6 Å². The van der Waals surface area contributed by atoms with Crippen LogP contribution in [-0.4, -0.2) is 35.5 Å². The van der Waals surface area contributed by atoms with Gasteiger partial charge >= 0.3 is 6.09 Å². The third-order valence-corrected chi connectivity index (χ3v) is 6.54. The molecule has 2 atom stereocenters. The second kappa shape index (κ2) is 7.47. The van der Waals surface area contributed by atoms with Crippen LogP contribution in [0, 0.1) is 0 Å². The van der Waals surface area contributed by atoms with Crippen LogP contribution in [0.3, 0.4) is 0 Å². The Bertz CT molecular complexity index is 1070. The summed E-state index contributed by atoms with van der Waals surface area (Å²) in [6.07, 6.45) is 1.27. The minimum absolute atomic E-state index is 0.288. The lowest BCUT2D eigenvalue weighted by Crippen LogP contribution is -2.82. The first-order valence-corrected chi connectivity index (χ1v) is 11.1. The molecule has 6 nitrogen and oxygen atoms in total. The van der Waals surface area contributed by atoms with Gasteiger partial charge in [-0.25, -0.2) is 9.69 Å². The lowest BCUT2D eigenvalue weighted by Gasteiger charge is -2.61. The summed E-state index contributed by atoms with van der Waals surface area (Å²) in [6, 6.07) is 16.8. The van der Waals surface area contributed by atoms with Crippen LogP contribution in [0.25, 0.3) is 0 Å². The van der Waals surface area contributed by atoms with Gasteiger partial charge in [-0.15, -0.1) is 0 Å². The molecule has 1 spiro atoms. The van der Waals surface area contributed by atoms with Gasteiger partial charge in [0.15, 0.2) is 5.54 Å². The van der Waals surface area contributed by atoms with E-state index in [1.54, 1.807) is 32.7 Å². The van der Waals surface area contributed by atoms with E-state index in [1.807, 2.05) is 54.6 Å². The molecule has 2 aromatic carbocycles. The number of likely N-dealkylation sites (N-methyl/N-ethyl adjacent to an activating group) is 1. The first kappa shape index (κ1) is 22.1. The van der Waals surface area contributed by atoms with E-state index < -0.39 is 22.6 Å². The number of carbonyl (C=O) groups excluding carboxylic acids is 3. The molecule has 0 unspecified atom stereocenters. The van der Waals surface area contributed by atoms with E-state index in [4.69, 9.17) is 4.74 Å². The lowest BCUT2D eigenvalue weighted by molar-refractivity contribution is -0.182. The number of β-lactam (4-membered cyclic amide) rings is 1. The topological polar surface area (TPSA) is 66.9 Å². The summed E-state index contributed by atoms with van der Waals surface area (Å²) in [6.45, 7) is 7.30. The van der Waals surface area contributed by atoms with Gasteiger partial charge in [-0.05, 0) is 38.8 Å². The highest BCUT2D eigenvalue weighted by molar-refractivity contribution is 6.23. The zero-order chi connectivity index (χ0) is 23.3. The van der Waals surface area contributed by atoms with Crippen molar-refractivity contribution in [1.82, 2.24) is 4.90 Å². The molecule has 0 radical (unpaired) electrons. The smallest absolute Gasteiger partial charge is 0.418 e. The predicted octanol–water partition coefficient (Wildman–Crippen LogP) is 4.76. The van der Waals surface area contributed by atoms with Gasteiger partial charge < -0.3 is 9.64 Å². The summed E-state index contributed by atoms with van der Waals surface area (Å²) < 4.78 is 5.63. The molecule has 2 aliphatic rings. The van der Waals surface area contributed by atoms with Crippen LogP contribution in [0.1, 0.15) is 58.1 Å². The second-order valence-electron chi connectivity index (χ2n) is 9.59. The Morgan fingerprint density at radius 3 is 2.22 bits per heavy atom. The molecule has 168 valence electrons. The number of carbonyl (C=O) groups is 3. The van der Waals surface area contributed by atoms with Gasteiger partial charge in [0.1, 0.15) is 11.0 Å². The van der Waals surface area contributed by atoms with Crippen molar-refractivity contribution < 1.29 is 19.1 Å². The minimum Gasteiger partial charge on any atom is -0.443 e. The highest BCUT2D eigenvalue weighted by Gasteiger charge is 2.81. The number of ether oxygens (including phenoxy) is 1. The van der Waals surface area contributed by atoms with Crippen LogP contribution in [0.2, 0.25) is 0 Å². The number of imide groups is 1. The molecule has 2 aliphatic heterocycles. The van der Waals surface area contributed by atoms with E-state index in [1.165, 1.54) is 0 Å². The Hall–Kier alpha value is -3.15. The van der Waals surface area contributed by atoms with Gasteiger partial charge in [0.2, 0.25) is 5.91 Å². The van der Waals surface area contributed by atoms with E-state index in [0.717, 1.165) is 23.3 Å². The van der Waals surface area contributed by atoms with E-state index >= 15 is 0 Å². The van der Waals surface area contributed by atoms with Gasteiger partial charge in [-0.3, -0.25) is 9.59 Å². The predicted molar refractivity (Wildman–Crippen MR) is 122 cm³/mol. The van der Waals surface area contributed by atoms with Crippen molar-refractivity contribution in [3.8, 4) is 0 Å². The number of fused-ring (bicyclic) bond motifs is 2. The largest absolute Gasteiger partial charge is 0.443 e. The fraction of sp³-hybridized carbons (Fsp3) is 0.423. The summed E-state index contributed by atoms with van der Waals surface area (Å²) in [5.41, 5.74) is -1.35. The molecule has 0 bridgehead atoms. The molecule has 4 rings (SSSR count). The number of anilines is 1. The molecule has 0 aliphatic carbocycles. The number of unbranched alkanes of at least 4 members (excludes halogenated alkanes) is 1. The number of benzene rings is 2. The number of amides is 3. The van der Waals surface area contributed by atoms with Crippen LogP contribution in [0.4, 0.5) is 10.5 Å². The third-order valence-electron chi connectivity index (χ3n) is 6.54. The summed E-state index contributed by atoms with van der Waals surface area (Å²) in [7, 11) is 1.70. The molecule has 0 saturated carbocycles. The van der Waals surface area contributed by atoms with Crippen LogP contribution in [-0.2, 0) is 25.3 Å². The average molecular weight is 435 g/mol. The lowest BCUT2D eigenvalue weighted by atomic mass is 9.52. The fourth-order valence-corrected chi connectivity index (χ4v) is 5.26. The van der Waals surface area contributed by atoms with Crippen LogP contribution in [0.5, 0.6) is 0 Å². The molecule has 1 saturated heterocycles. The quantitative estimate of drug-likeness (QED) is 0.651. The number of nitrogens with zero attached hydrogens (tertiary/aromatic N) is 2. The highest BCUT2D eigenvalue weighted by atomic mass is 16.6. The Morgan fingerprint density at radius 1 is 0.969 bits per heavy atom. The maximum Gasteiger partial charge on any atom is 0.418 e. The van der Waals surface area contributed by atoms with Crippen molar-refractivity contribution in [3.05, 3.63) is 65.7 Å². The van der Waals surface area contributed by atoms with Crippen molar-refractivity contribution in [1.29, 1.82) is 0 Å². The van der Waals surface area contributed by atoms with Crippen molar-refractivity contribution in [2.24, 2.45) is 0 Å². The number of likely N-dealkylation sites (tertiary alicyclic amines) is 1. The van der Waals surface area contributed by atoms with Crippen molar-refractivity contribution in [2.75, 3.05) is 11.9 Å². The molecule has 2 aromatic rings. The van der Waals surface area contributed by atoms with Crippen molar-refractivity contribution in [3.63, 3.8) is 0 Å². The molecule has 1 fully saturated rings. The second-order valence-corrected chi connectivity index (χ2v) is 9.59. The molecular formula is C26H30N2O4. The van der Waals surface area contributed by atoms with E-state index in [2.05, 4.69) is 6.92 Å². The summed E-state index contributed by atoms with van der Waals surface area (Å²) in [5.74, 6) is -0.672. The fourth-order valence-electron chi connectivity index (χ4n) is 5.26. The van der Waals surface area contributed by atoms with E-state index in [0.29, 0.717) is 17.7 Å². The number of hydrogen-bond donors (Lipinski definition) is 0. The average Bonchev–Trinajstić information content (AvgIpc) is 2.98. The number of para-hydroxylation sites is 1. The summed E-state index contributed by atoms with van der Waals surface area (Å²) >= 11 is 0. The Morgan fingerprint density at radius 2 is 1.59 bits per heavy atom. The van der Waals surface area contributed by atoms with Gasteiger partial charge in [0.25, 0.3) is 5.91 Å². The van der Waals surface area contributed by atoms with Crippen LogP contribution >= 0.6 is 0 Å². The highest BCUT2D eigenvalue weighted by Crippen LogP contribution is 2.64. The molecular weight excluding hydrogens is 404 g/mol. The molecule has 3 amide bonds. The monoisotopic (exact) mass is 434 g/mol. The zero-order valence-corrected chi connectivity index (χ0v) is 19.3. The van der Waals surface area contributed by atoms with Crippen LogP contribution in [0.15, 0.2) is 54.6 Å². The standard InChI is InChI=1S/C26H30N2O4/c1-6-7-17-25(18-13-9-8-10-14-18)21(29)28(23(31)32-24(2,3)4)26(25)19-15-11-12-16-20(19)27(5)22(26)30/h8-16H,6-7,17H2,1-5H3/t25-,26+/m1/s1. The van der Waals surface area contributed by atoms with Crippen LogP contribution < -0.4 is 4.90 Å². The molecule has 0 aromatic heterocycles. The zero-order valence-electron chi connectivity index (χ0n) is 19.3. The first-order chi connectivity index (χ1) is 15.1. The van der Waals surface area contributed by atoms with E-state index in [-0.39, 0.29) is 11.8 Å². The van der Waals surface area contributed by atoms with Gasteiger partial charge in [-0.2, -0.15) is 0 Å². The van der Waals surface area contributed by atoms with Crippen molar-refractivity contribution in [2.45, 2.75) is 63.5 Å². The number of rotatable bonds is 4. The molecule has 6 heteroatoms. The molecule has 0 N–H and O–H groups in total. The Kier molecular flexibility index (Phi) is 5.15. The molecule has 32 heavy (non-hydrogen) atoms. The SMILES string of the molecule is CCCC[C@@]1(c2ccccc2)C(=O)N(C(=O)OC(C)(C)C)[C@@]12C(=O)N(C)c1ccccc12. The Balaban J connectivity index is 2.02. The van der Waals surface area contributed by atoms with E-state index in [9.17, 15) is 14.4 Å².